The van der Waals surface area contributed by atoms with Crippen LogP contribution < -0.4 is 10.3 Å². The second-order valence-corrected chi connectivity index (χ2v) is 9.59. The Hall–Kier alpha value is -4.49. The molecule has 196 valence electrons. The number of phenols is 1. The van der Waals surface area contributed by atoms with Gasteiger partial charge in [-0.1, -0.05) is 18.2 Å². The number of para-hydroxylation sites is 1. The topological polar surface area (TPSA) is 146 Å². The van der Waals surface area contributed by atoms with Gasteiger partial charge in [0.25, 0.3) is 11.8 Å². The number of piperidine rings is 1. The van der Waals surface area contributed by atoms with Crippen LogP contribution in [0.5, 0.6) is 5.75 Å². The first-order chi connectivity index (χ1) is 18.1. The summed E-state index contributed by atoms with van der Waals surface area (Å²) in [6.07, 6.45) is 1.38. The zero-order valence-electron chi connectivity index (χ0n) is 21.5. The molecule has 0 aliphatic carbocycles. The van der Waals surface area contributed by atoms with Gasteiger partial charge >= 0.3 is 5.97 Å². The standard InChI is InChI=1S/C28H29N5O5/c1-16-7-8-20(13-17(16)2)33-27(37)22(14-29)18(3)25(28(33)38)31-30-23-6-4-5-21(26(23)36)19-9-11-32(12-10-19)15-24(34)35/h4-8,13,19,30,36H,9-12,15H2,1-3H3,(H,34,35). The molecule has 10 heteroatoms. The number of aromatic hydroxyl groups is 1. The number of amides is 2. The van der Waals surface area contributed by atoms with Gasteiger partial charge in [0.15, 0.2) is 5.71 Å². The van der Waals surface area contributed by atoms with Crippen molar-refractivity contribution in [3.63, 3.8) is 0 Å². The van der Waals surface area contributed by atoms with Gasteiger partial charge in [0.2, 0.25) is 0 Å². The highest BCUT2D eigenvalue weighted by molar-refractivity contribution is 6.57. The molecule has 0 spiro atoms. The maximum absolute atomic E-state index is 13.4. The minimum atomic E-state index is -0.865. The summed E-state index contributed by atoms with van der Waals surface area (Å²) in [6.45, 7) is 6.48. The van der Waals surface area contributed by atoms with Crippen LogP contribution in [0.15, 0.2) is 52.6 Å². The molecule has 3 N–H and O–H groups in total. The molecule has 0 aromatic heterocycles. The Kier molecular flexibility index (Phi) is 7.60. The third kappa shape index (κ3) is 5.14. The molecule has 4 rings (SSSR count). The first-order valence-electron chi connectivity index (χ1n) is 12.3. The number of nitrogens with zero attached hydrogens (tertiary/aromatic N) is 4. The lowest BCUT2D eigenvalue weighted by Gasteiger charge is -2.31. The molecule has 2 heterocycles. The van der Waals surface area contributed by atoms with Crippen LogP contribution in [0.3, 0.4) is 0 Å². The highest BCUT2D eigenvalue weighted by atomic mass is 16.4. The summed E-state index contributed by atoms with van der Waals surface area (Å²) in [5, 5.41) is 33.9. The van der Waals surface area contributed by atoms with Gasteiger partial charge in [0.05, 0.1) is 17.9 Å². The number of hydrogen-bond donors (Lipinski definition) is 3. The van der Waals surface area contributed by atoms with Gasteiger partial charge < -0.3 is 10.2 Å². The van der Waals surface area contributed by atoms with E-state index in [4.69, 9.17) is 5.11 Å². The number of carboxylic acids is 1. The zero-order valence-corrected chi connectivity index (χ0v) is 21.5. The molecule has 0 atom stereocenters. The number of likely N-dealkylation sites (tertiary alicyclic amines) is 1. The van der Waals surface area contributed by atoms with Gasteiger partial charge in [-0.15, -0.1) is 0 Å². The first kappa shape index (κ1) is 26.6. The van der Waals surface area contributed by atoms with Crippen LogP contribution in [-0.2, 0) is 14.4 Å². The van der Waals surface area contributed by atoms with E-state index in [2.05, 4.69) is 10.5 Å². The average Bonchev–Trinajstić information content (AvgIpc) is 2.87. The Labute approximate surface area is 220 Å². The van der Waals surface area contributed by atoms with Crippen molar-refractivity contribution in [2.45, 2.75) is 39.5 Å². The lowest BCUT2D eigenvalue weighted by Crippen LogP contribution is -2.47. The summed E-state index contributed by atoms with van der Waals surface area (Å²) >= 11 is 0. The molecule has 1 saturated heterocycles. The summed E-state index contributed by atoms with van der Waals surface area (Å²) < 4.78 is 0. The number of phenolic OH excluding ortho intramolecular Hbond substituents is 1. The van der Waals surface area contributed by atoms with Crippen LogP contribution in [0.2, 0.25) is 0 Å². The number of hydrogen-bond acceptors (Lipinski definition) is 8. The Bertz CT molecular complexity index is 1410. The minimum absolute atomic E-state index is 0.00888. The molecular formula is C28H29N5O5. The average molecular weight is 516 g/mol. The molecule has 0 bridgehead atoms. The number of benzene rings is 2. The van der Waals surface area contributed by atoms with Gasteiger partial charge in [-0.05, 0) is 87.5 Å². The van der Waals surface area contributed by atoms with Crippen molar-refractivity contribution < 1.29 is 24.6 Å². The van der Waals surface area contributed by atoms with Crippen LogP contribution in [0, 0.1) is 25.2 Å². The summed E-state index contributed by atoms with van der Waals surface area (Å²) in [7, 11) is 0. The molecule has 0 saturated carbocycles. The fourth-order valence-electron chi connectivity index (χ4n) is 4.80. The molecule has 2 aromatic carbocycles. The monoisotopic (exact) mass is 515 g/mol. The van der Waals surface area contributed by atoms with Crippen LogP contribution in [0.25, 0.3) is 0 Å². The Morgan fingerprint density at radius 2 is 1.82 bits per heavy atom. The van der Waals surface area contributed by atoms with Crippen molar-refractivity contribution in [2.24, 2.45) is 5.10 Å². The van der Waals surface area contributed by atoms with E-state index in [-0.39, 0.29) is 40.8 Å². The predicted octanol–water partition coefficient (Wildman–Crippen LogP) is 3.45. The lowest BCUT2D eigenvalue weighted by atomic mass is 9.88. The first-order valence-corrected chi connectivity index (χ1v) is 12.3. The second kappa shape index (κ2) is 10.9. The largest absolute Gasteiger partial charge is 0.505 e. The molecule has 38 heavy (non-hydrogen) atoms. The molecule has 2 aliphatic heterocycles. The smallest absolute Gasteiger partial charge is 0.317 e. The number of imide groups is 1. The molecule has 2 amide bonds. The van der Waals surface area contributed by atoms with E-state index < -0.39 is 17.8 Å². The number of carbonyl (C=O) groups is 3. The van der Waals surface area contributed by atoms with Gasteiger partial charge in [0.1, 0.15) is 17.4 Å². The number of aryl methyl sites for hydroxylation is 2. The number of nitrogens with one attached hydrogen (secondary N) is 1. The predicted molar refractivity (Wildman–Crippen MR) is 142 cm³/mol. The van der Waals surface area contributed by atoms with Crippen molar-refractivity contribution >= 4 is 34.9 Å². The summed E-state index contributed by atoms with van der Waals surface area (Å²) in [4.78, 5) is 40.2. The van der Waals surface area contributed by atoms with E-state index in [0.717, 1.165) is 16.0 Å². The molecule has 0 unspecified atom stereocenters. The van der Waals surface area contributed by atoms with Crippen molar-refractivity contribution in [3.05, 3.63) is 64.2 Å². The summed E-state index contributed by atoms with van der Waals surface area (Å²) in [5.41, 5.74) is 5.82. The van der Waals surface area contributed by atoms with E-state index in [0.29, 0.717) is 37.2 Å². The quantitative estimate of drug-likeness (QED) is 0.301. The highest BCUT2D eigenvalue weighted by Gasteiger charge is 2.38. The van der Waals surface area contributed by atoms with E-state index >= 15 is 0 Å². The maximum Gasteiger partial charge on any atom is 0.317 e. The summed E-state index contributed by atoms with van der Waals surface area (Å²) in [5.74, 6) is -2.23. The van der Waals surface area contributed by atoms with Gasteiger partial charge in [-0.3, -0.25) is 24.7 Å². The summed E-state index contributed by atoms with van der Waals surface area (Å²) in [6, 6.07) is 12.2. The number of carbonyl (C=O) groups excluding carboxylic acids is 2. The van der Waals surface area contributed by atoms with Crippen LogP contribution >= 0.6 is 0 Å². The third-order valence-electron chi connectivity index (χ3n) is 7.15. The van der Waals surface area contributed by atoms with Crippen molar-refractivity contribution in [2.75, 3.05) is 30.0 Å². The normalized spacial score (nSPS) is 18.2. The minimum Gasteiger partial charge on any atom is -0.505 e. The third-order valence-corrected chi connectivity index (χ3v) is 7.15. The Balaban J connectivity index is 1.61. The number of aliphatic carboxylic acids is 1. The van der Waals surface area contributed by atoms with E-state index in [9.17, 15) is 24.8 Å². The highest BCUT2D eigenvalue weighted by Crippen LogP contribution is 2.38. The van der Waals surface area contributed by atoms with Crippen LogP contribution in [0.4, 0.5) is 11.4 Å². The molecular weight excluding hydrogens is 486 g/mol. The molecule has 2 aromatic rings. The van der Waals surface area contributed by atoms with Crippen molar-refractivity contribution in [3.8, 4) is 11.8 Å². The second-order valence-electron chi connectivity index (χ2n) is 9.59. The number of hydrazone groups is 1. The SMILES string of the molecule is CC1=C(C#N)C(=O)N(c2ccc(C)c(C)c2)C(=O)C1=NNc1cccc(C2CCN(CC(=O)O)CC2)c1O. The number of nitriles is 1. The number of rotatable bonds is 6. The molecule has 1 fully saturated rings. The number of carboxylic acid groups (broad SMARTS) is 1. The van der Waals surface area contributed by atoms with Gasteiger partial charge in [-0.2, -0.15) is 10.4 Å². The fraction of sp³-hybridized carbons (Fsp3) is 0.321. The Morgan fingerprint density at radius 3 is 2.45 bits per heavy atom. The molecule has 0 radical (unpaired) electrons. The van der Waals surface area contributed by atoms with Crippen LogP contribution in [0.1, 0.15) is 42.4 Å². The van der Waals surface area contributed by atoms with E-state index in [1.165, 1.54) is 6.92 Å². The van der Waals surface area contributed by atoms with Crippen molar-refractivity contribution in [1.82, 2.24) is 4.90 Å². The number of anilines is 2. The lowest BCUT2D eigenvalue weighted by molar-refractivity contribution is -0.138. The Morgan fingerprint density at radius 1 is 1.11 bits per heavy atom. The van der Waals surface area contributed by atoms with E-state index in [1.54, 1.807) is 30.3 Å². The van der Waals surface area contributed by atoms with Crippen LogP contribution in [-0.4, -0.2) is 58.2 Å². The van der Waals surface area contributed by atoms with Gasteiger partial charge in [0, 0.05) is 5.57 Å². The molecule has 2 aliphatic rings. The maximum atomic E-state index is 13.4. The van der Waals surface area contributed by atoms with Gasteiger partial charge in [-0.25, -0.2) is 4.90 Å². The molecule has 10 nitrogen and oxygen atoms in total. The van der Waals surface area contributed by atoms with Crippen molar-refractivity contribution in [1.29, 1.82) is 5.26 Å². The fourth-order valence-corrected chi connectivity index (χ4v) is 4.80. The zero-order chi connectivity index (χ0) is 27.6. The van der Waals surface area contributed by atoms with E-state index in [1.807, 2.05) is 30.9 Å².